The van der Waals surface area contributed by atoms with Gasteiger partial charge in [-0.1, -0.05) is 19.3 Å². The summed E-state index contributed by atoms with van der Waals surface area (Å²) in [6, 6.07) is 0.539. The lowest BCUT2D eigenvalue weighted by Crippen LogP contribution is -2.65. The van der Waals surface area contributed by atoms with Crippen LogP contribution in [0, 0.1) is 11.3 Å². The lowest BCUT2D eigenvalue weighted by atomic mass is 9.55. The van der Waals surface area contributed by atoms with E-state index in [0.29, 0.717) is 35.0 Å². The predicted octanol–water partition coefficient (Wildman–Crippen LogP) is 2.14. The van der Waals surface area contributed by atoms with Crippen LogP contribution in [0.3, 0.4) is 0 Å². The smallest absolute Gasteiger partial charge is 0.150 e. The Bertz CT molecular complexity index is 456. The highest BCUT2D eigenvalue weighted by atomic mass is 32.2. The molecule has 1 spiro atoms. The van der Waals surface area contributed by atoms with Crippen molar-refractivity contribution in [3.05, 3.63) is 0 Å². The van der Waals surface area contributed by atoms with E-state index >= 15 is 0 Å². The molecule has 5 heteroatoms. The predicted molar refractivity (Wildman–Crippen MR) is 84.1 cm³/mol. The molecule has 4 nitrogen and oxygen atoms in total. The van der Waals surface area contributed by atoms with Crippen LogP contribution in [0.4, 0.5) is 0 Å². The van der Waals surface area contributed by atoms with E-state index < -0.39 is 9.84 Å². The first-order valence-corrected chi connectivity index (χ1v) is 10.4. The molecule has 1 heterocycles. The van der Waals surface area contributed by atoms with Gasteiger partial charge >= 0.3 is 0 Å². The summed E-state index contributed by atoms with van der Waals surface area (Å²) >= 11 is 0. The lowest BCUT2D eigenvalue weighted by molar-refractivity contribution is -0.150. The van der Waals surface area contributed by atoms with Gasteiger partial charge in [0, 0.05) is 18.1 Å². The molecule has 3 fully saturated rings. The molecular weight excluding hydrogens is 286 g/mol. The highest BCUT2D eigenvalue weighted by molar-refractivity contribution is 7.91. The minimum atomic E-state index is -2.75. The van der Waals surface area contributed by atoms with Crippen LogP contribution in [0.5, 0.6) is 0 Å². The first-order chi connectivity index (χ1) is 10.1. The number of hydrogen-bond donors (Lipinski definition) is 1. The maximum absolute atomic E-state index is 11.6. The lowest BCUT2D eigenvalue weighted by Gasteiger charge is -2.58. The molecule has 0 amide bonds. The standard InChI is InChI=1S/C16H29NO3S/c1-2-20-15-10-14(16(15)7-4-3-5-8-16)17-11-13-6-9-21(18,19)12-13/h13-15,17H,2-12H2,1H3. The molecule has 1 aliphatic heterocycles. The number of nitrogens with one attached hydrogen (secondary N) is 1. The van der Waals surface area contributed by atoms with Crippen molar-refractivity contribution < 1.29 is 13.2 Å². The average molecular weight is 315 g/mol. The van der Waals surface area contributed by atoms with E-state index in [0.717, 1.165) is 26.0 Å². The van der Waals surface area contributed by atoms with Gasteiger partial charge in [0.25, 0.3) is 0 Å². The Morgan fingerprint density at radius 2 is 2.00 bits per heavy atom. The molecule has 2 aliphatic carbocycles. The third-order valence-corrected chi connectivity index (χ3v) is 7.75. The second-order valence-corrected chi connectivity index (χ2v) is 9.43. The number of rotatable bonds is 5. The fourth-order valence-electron chi connectivity index (χ4n) is 4.69. The quantitative estimate of drug-likeness (QED) is 0.844. The zero-order valence-electron chi connectivity index (χ0n) is 13.1. The van der Waals surface area contributed by atoms with Crippen molar-refractivity contribution in [1.29, 1.82) is 0 Å². The molecule has 3 unspecified atom stereocenters. The van der Waals surface area contributed by atoms with Gasteiger partial charge in [-0.25, -0.2) is 8.42 Å². The second kappa shape index (κ2) is 6.17. The van der Waals surface area contributed by atoms with Crippen molar-refractivity contribution in [2.45, 2.75) is 64.0 Å². The average Bonchev–Trinajstić information content (AvgIpc) is 2.82. The van der Waals surface area contributed by atoms with Crippen LogP contribution < -0.4 is 5.32 Å². The molecule has 2 saturated carbocycles. The van der Waals surface area contributed by atoms with Gasteiger partial charge < -0.3 is 10.1 Å². The molecule has 0 radical (unpaired) electrons. The highest BCUT2D eigenvalue weighted by Gasteiger charge is 2.55. The molecule has 1 N–H and O–H groups in total. The highest BCUT2D eigenvalue weighted by Crippen LogP contribution is 2.53. The minimum Gasteiger partial charge on any atom is -0.378 e. The first-order valence-electron chi connectivity index (χ1n) is 8.61. The van der Waals surface area contributed by atoms with Crippen LogP contribution in [0.1, 0.15) is 51.9 Å². The van der Waals surface area contributed by atoms with Gasteiger partial charge in [-0.15, -0.1) is 0 Å². The van der Waals surface area contributed by atoms with E-state index in [-0.39, 0.29) is 0 Å². The van der Waals surface area contributed by atoms with Gasteiger partial charge in [-0.05, 0) is 45.1 Å². The normalized spacial score (nSPS) is 37.5. The van der Waals surface area contributed by atoms with Crippen molar-refractivity contribution in [2.24, 2.45) is 11.3 Å². The van der Waals surface area contributed by atoms with E-state index in [1.54, 1.807) is 0 Å². The zero-order valence-corrected chi connectivity index (χ0v) is 14.0. The van der Waals surface area contributed by atoms with Crippen molar-refractivity contribution in [3.8, 4) is 0 Å². The van der Waals surface area contributed by atoms with Crippen LogP contribution >= 0.6 is 0 Å². The molecule has 0 aromatic carbocycles. The molecule has 0 bridgehead atoms. The van der Waals surface area contributed by atoms with E-state index in [9.17, 15) is 8.42 Å². The molecule has 3 rings (SSSR count). The SMILES string of the molecule is CCOC1CC(NCC2CCS(=O)(=O)C2)C12CCCCC2. The Balaban J connectivity index is 1.55. The Morgan fingerprint density at radius 3 is 2.62 bits per heavy atom. The molecule has 1 saturated heterocycles. The summed E-state index contributed by atoms with van der Waals surface area (Å²) in [6.07, 6.45) is 8.91. The van der Waals surface area contributed by atoms with Gasteiger partial charge in [0.05, 0.1) is 17.6 Å². The zero-order chi connectivity index (χ0) is 14.9. The van der Waals surface area contributed by atoms with Crippen LogP contribution in [0.15, 0.2) is 0 Å². The molecule has 3 atom stereocenters. The third kappa shape index (κ3) is 3.15. The molecular formula is C16H29NO3S. The summed E-state index contributed by atoms with van der Waals surface area (Å²) in [5.74, 6) is 1.09. The van der Waals surface area contributed by atoms with Crippen molar-refractivity contribution >= 4 is 9.84 Å². The maximum atomic E-state index is 11.6. The van der Waals surface area contributed by atoms with Crippen LogP contribution in [-0.4, -0.2) is 45.2 Å². The molecule has 3 aliphatic rings. The third-order valence-electron chi connectivity index (χ3n) is 5.92. The van der Waals surface area contributed by atoms with Crippen LogP contribution in [-0.2, 0) is 14.6 Å². The Morgan fingerprint density at radius 1 is 1.24 bits per heavy atom. The fourth-order valence-corrected chi connectivity index (χ4v) is 6.55. The number of hydrogen-bond acceptors (Lipinski definition) is 4. The van der Waals surface area contributed by atoms with Gasteiger partial charge in [-0.3, -0.25) is 0 Å². The van der Waals surface area contributed by atoms with Gasteiger partial charge in [0.1, 0.15) is 0 Å². The molecule has 122 valence electrons. The summed E-state index contributed by atoms with van der Waals surface area (Å²) < 4.78 is 29.1. The summed E-state index contributed by atoms with van der Waals surface area (Å²) in [5.41, 5.74) is 0.339. The van der Waals surface area contributed by atoms with Gasteiger partial charge in [0.15, 0.2) is 9.84 Å². The minimum absolute atomic E-state index is 0.321. The topological polar surface area (TPSA) is 55.4 Å². The van der Waals surface area contributed by atoms with Crippen molar-refractivity contribution in [3.63, 3.8) is 0 Å². The van der Waals surface area contributed by atoms with Gasteiger partial charge in [-0.2, -0.15) is 0 Å². The molecule has 21 heavy (non-hydrogen) atoms. The van der Waals surface area contributed by atoms with E-state index in [2.05, 4.69) is 12.2 Å². The Kier molecular flexibility index (Phi) is 4.63. The Labute approximate surface area is 128 Å². The van der Waals surface area contributed by atoms with Crippen LogP contribution in [0.25, 0.3) is 0 Å². The molecule has 0 aromatic rings. The van der Waals surface area contributed by atoms with Crippen molar-refractivity contribution in [2.75, 3.05) is 24.7 Å². The fraction of sp³-hybridized carbons (Fsp3) is 1.00. The summed E-state index contributed by atoms with van der Waals surface area (Å²) in [4.78, 5) is 0. The largest absolute Gasteiger partial charge is 0.378 e. The Hall–Kier alpha value is -0.130. The summed E-state index contributed by atoms with van der Waals surface area (Å²) in [5, 5.41) is 3.70. The summed E-state index contributed by atoms with van der Waals surface area (Å²) in [7, 11) is -2.75. The molecule has 0 aromatic heterocycles. The van der Waals surface area contributed by atoms with E-state index in [1.807, 2.05) is 0 Å². The maximum Gasteiger partial charge on any atom is 0.150 e. The number of ether oxygens (including phenoxy) is 1. The van der Waals surface area contributed by atoms with Crippen LogP contribution in [0.2, 0.25) is 0 Å². The number of sulfone groups is 1. The van der Waals surface area contributed by atoms with E-state index in [4.69, 9.17) is 4.74 Å². The van der Waals surface area contributed by atoms with Gasteiger partial charge in [0.2, 0.25) is 0 Å². The monoisotopic (exact) mass is 315 g/mol. The second-order valence-electron chi connectivity index (χ2n) is 7.20. The van der Waals surface area contributed by atoms with E-state index in [1.165, 1.54) is 32.1 Å². The first kappa shape index (κ1) is 15.8. The van der Waals surface area contributed by atoms with Crippen molar-refractivity contribution in [1.82, 2.24) is 5.32 Å². The summed E-state index contributed by atoms with van der Waals surface area (Å²) in [6.45, 7) is 3.76.